The number of hydrogen-bond donors (Lipinski definition) is 4. The third kappa shape index (κ3) is 6.48. The van der Waals surface area contributed by atoms with Crippen LogP contribution in [0.5, 0.6) is 0 Å². The summed E-state index contributed by atoms with van der Waals surface area (Å²) in [7, 11) is -5.35. The first-order valence-electron chi connectivity index (χ1n) is 10.6. The number of ether oxygens (including phenoxy) is 3. The molecule has 0 spiro atoms. The number of aliphatic hydroxyl groups excluding tert-OH is 3. The van der Waals surface area contributed by atoms with E-state index in [2.05, 4.69) is 9.50 Å². The number of rotatable bonds is 9. The van der Waals surface area contributed by atoms with Gasteiger partial charge in [-0.05, 0) is 26.8 Å². The molecule has 2 aliphatic heterocycles. The maximum Gasteiger partial charge on any atom is 0.218 e. The lowest BCUT2D eigenvalue weighted by atomic mass is 9.70. The highest BCUT2D eigenvalue weighted by atomic mass is 32.3. The molecule has 2 heterocycles. The predicted octanol–water partition coefficient (Wildman–Crippen LogP) is -3.33. The van der Waals surface area contributed by atoms with Crippen molar-refractivity contribution in [3.63, 3.8) is 0 Å². The van der Waals surface area contributed by atoms with E-state index in [0.717, 1.165) is 6.92 Å². The molecule has 0 saturated carbocycles. The number of hydrogen-bond acceptors (Lipinski definition) is 13. The van der Waals surface area contributed by atoms with Gasteiger partial charge in [0.2, 0.25) is 16.3 Å². The first-order chi connectivity index (χ1) is 15.9. The number of aliphatic hydroxyl groups is 3. The number of carboxylic acids is 1. The van der Waals surface area contributed by atoms with Crippen molar-refractivity contribution in [2.45, 2.75) is 76.3 Å². The van der Waals surface area contributed by atoms with Crippen LogP contribution in [-0.2, 0) is 38.4 Å². The van der Waals surface area contributed by atoms with Crippen molar-refractivity contribution in [2.24, 2.45) is 5.41 Å². The van der Waals surface area contributed by atoms with Gasteiger partial charge in [-0.3, -0.25) is 8.98 Å². The molecular formula is C20H31NO13S-2. The van der Waals surface area contributed by atoms with Crippen molar-refractivity contribution in [1.29, 1.82) is 0 Å². The van der Waals surface area contributed by atoms with Gasteiger partial charge >= 0.3 is 0 Å². The van der Waals surface area contributed by atoms with Gasteiger partial charge in [-0.15, -0.1) is 0 Å². The van der Waals surface area contributed by atoms with Crippen LogP contribution in [0.25, 0.3) is 0 Å². The molecular weight excluding hydrogens is 494 g/mol. The molecule has 1 fully saturated rings. The van der Waals surface area contributed by atoms with Gasteiger partial charge in [0.1, 0.15) is 23.9 Å². The van der Waals surface area contributed by atoms with E-state index >= 15 is 0 Å². The van der Waals surface area contributed by atoms with E-state index in [1.54, 1.807) is 13.8 Å². The lowest BCUT2D eigenvalue weighted by Crippen LogP contribution is -2.70. The van der Waals surface area contributed by atoms with Crippen molar-refractivity contribution in [3.8, 4) is 0 Å². The van der Waals surface area contributed by atoms with E-state index in [0.29, 0.717) is 6.08 Å². The van der Waals surface area contributed by atoms with E-state index in [-0.39, 0.29) is 6.61 Å². The molecule has 0 bridgehead atoms. The molecule has 1 saturated heterocycles. The van der Waals surface area contributed by atoms with Crippen molar-refractivity contribution in [2.75, 3.05) is 19.8 Å². The Balaban J connectivity index is 2.30. The Morgan fingerprint density at radius 3 is 2.29 bits per heavy atom. The van der Waals surface area contributed by atoms with E-state index < -0.39 is 88.3 Å². The summed E-state index contributed by atoms with van der Waals surface area (Å²) >= 11 is 0. The van der Waals surface area contributed by atoms with E-state index in [1.165, 1.54) is 13.8 Å². The number of carbonyl (C=O) groups excluding carboxylic acids is 2. The normalized spacial score (nSPS) is 37.2. The molecule has 0 aromatic carbocycles. The van der Waals surface area contributed by atoms with Crippen LogP contribution in [0.2, 0.25) is 0 Å². The van der Waals surface area contributed by atoms with Crippen molar-refractivity contribution in [1.82, 2.24) is 5.32 Å². The van der Waals surface area contributed by atoms with E-state index in [1.807, 2.05) is 0 Å². The fourth-order valence-corrected chi connectivity index (χ4v) is 4.92. The second-order valence-corrected chi connectivity index (χ2v) is 10.7. The van der Waals surface area contributed by atoms with Gasteiger partial charge in [0.15, 0.2) is 5.60 Å². The summed E-state index contributed by atoms with van der Waals surface area (Å²) in [6, 6.07) is -0.908. The van der Waals surface area contributed by atoms with Crippen LogP contribution in [0.4, 0.5) is 0 Å². The molecule has 0 aliphatic carbocycles. The van der Waals surface area contributed by atoms with Crippen LogP contribution in [0.3, 0.4) is 0 Å². The average molecular weight is 526 g/mol. The summed E-state index contributed by atoms with van der Waals surface area (Å²) in [4.78, 5) is 23.0. The number of aliphatic carboxylic acids is 1. The summed E-state index contributed by atoms with van der Waals surface area (Å²) in [5.74, 6) is -3.09. The molecule has 2 aliphatic rings. The van der Waals surface area contributed by atoms with Crippen molar-refractivity contribution < 1.29 is 61.4 Å². The zero-order chi connectivity index (χ0) is 27.0. The molecule has 1 amide bonds. The topological polar surface area (TPSA) is 224 Å². The summed E-state index contributed by atoms with van der Waals surface area (Å²) in [6.07, 6.45) is -5.42. The quantitative estimate of drug-likeness (QED) is 0.171. The second kappa shape index (κ2) is 10.3. The zero-order valence-electron chi connectivity index (χ0n) is 19.9. The van der Waals surface area contributed by atoms with Crippen LogP contribution in [0, 0.1) is 5.41 Å². The standard InChI is InChI=1S/C20H33NO13S/c1-10(23)21-14-15(25)19(4,13(7-22)33-18(14,2)3)8-31-9-20(5)16(34-35(28,29)30)11(24)6-12(32-20)17(26)27/h6,11,13-16,22,24-25H,7-9H2,1-5H3,(H,21,23)(H,26,27)(H,28,29,30)/p-2/t11-,13?,14?,15+,16?,19+,20+/m0/s1. The van der Waals surface area contributed by atoms with Gasteiger partial charge < -0.3 is 49.3 Å². The lowest BCUT2D eigenvalue weighted by Gasteiger charge is -2.54. The highest BCUT2D eigenvalue weighted by molar-refractivity contribution is 7.80. The minimum atomic E-state index is -5.35. The van der Waals surface area contributed by atoms with Crippen molar-refractivity contribution >= 4 is 22.3 Å². The largest absolute Gasteiger partial charge is 0.726 e. The Morgan fingerprint density at radius 2 is 1.80 bits per heavy atom. The van der Waals surface area contributed by atoms with Crippen LogP contribution >= 0.6 is 0 Å². The highest BCUT2D eigenvalue weighted by Crippen LogP contribution is 2.42. The fourth-order valence-electron chi connectivity index (χ4n) is 4.35. The molecule has 202 valence electrons. The van der Waals surface area contributed by atoms with Gasteiger partial charge in [-0.1, -0.05) is 6.92 Å². The molecule has 35 heavy (non-hydrogen) atoms. The maximum absolute atomic E-state index is 11.7. The first-order valence-corrected chi connectivity index (χ1v) is 12.0. The van der Waals surface area contributed by atoms with Crippen LogP contribution < -0.4 is 10.4 Å². The van der Waals surface area contributed by atoms with Gasteiger partial charge in [0.25, 0.3) is 0 Å². The summed E-state index contributed by atoms with van der Waals surface area (Å²) < 4.78 is 54.8. The number of carbonyl (C=O) groups is 2. The zero-order valence-corrected chi connectivity index (χ0v) is 20.7. The Morgan fingerprint density at radius 1 is 1.20 bits per heavy atom. The Hall–Kier alpha value is -1.85. The minimum absolute atomic E-state index is 0.373. The molecule has 14 nitrogen and oxygen atoms in total. The Labute approximate surface area is 202 Å². The molecule has 0 aromatic rings. The third-order valence-electron chi connectivity index (χ3n) is 6.25. The SMILES string of the molecule is CC(=O)NC1[C@@H](O)[C@](C)(COC[C@@]2(C)OC(C(=O)[O-])=C[C@H](O)C2OS(=O)(=O)[O-])C(CO)OC1(C)C. The molecule has 2 rings (SSSR count). The molecule has 0 aromatic heterocycles. The van der Waals surface area contributed by atoms with Gasteiger partial charge in [-0.25, -0.2) is 8.42 Å². The average Bonchev–Trinajstić information content (AvgIpc) is 2.70. The Kier molecular flexibility index (Phi) is 8.61. The Bertz CT molecular complexity index is 951. The van der Waals surface area contributed by atoms with Gasteiger partial charge in [-0.2, -0.15) is 0 Å². The molecule has 7 atom stereocenters. The smallest absolute Gasteiger partial charge is 0.218 e. The van der Waals surface area contributed by atoms with Gasteiger partial charge in [0, 0.05) is 12.3 Å². The van der Waals surface area contributed by atoms with Crippen LogP contribution in [-0.4, -0.2) is 102 Å². The highest BCUT2D eigenvalue weighted by Gasteiger charge is 2.57. The van der Waals surface area contributed by atoms with Gasteiger partial charge in [0.05, 0.1) is 43.7 Å². The minimum Gasteiger partial charge on any atom is -0.726 e. The summed E-state index contributed by atoms with van der Waals surface area (Å²) in [6.45, 7) is 5.63. The number of nitrogens with one attached hydrogen (secondary N) is 1. The summed E-state index contributed by atoms with van der Waals surface area (Å²) in [5, 5.41) is 45.2. The van der Waals surface area contributed by atoms with Crippen molar-refractivity contribution in [3.05, 3.63) is 11.8 Å². The summed E-state index contributed by atoms with van der Waals surface area (Å²) in [5.41, 5.74) is -4.42. The molecule has 15 heteroatoms. The van der Waals surface area contributed by atoms with E-state index in [9.17, 15) is 43.0 Å². The predicted molar refractivity (Wildman–Crippen MR) is 112 cm³/mol. The molecule has 3 unspecified atom stereocenters. The van der Waals surface area contributed by atoms with Crippen LogP contribution in [0.1, 0.15) is 34.6 Å². The first kappa shape index (κ1) is 29.4. The molecule has 0 radical (unpaired) electrons. The second-order valence-electron chi connectivity index (χ2n) is 9.66. The molecule has 4 N–H and O–H groups in total. The maximum atomic E-state index is 11.7. The number of carboxylic acid groups (broad SMARTS) is 1. The monoisotopic (exact) mass is 525 g/mol. The fraction of sp³-hybridized carbons (Fsp3) is 0.800. The third-order valence-corrected chi connectivity index (χ3v) is 6.69. The van der Waals surface area contributed by atoms with Crippen LogP contribution in [0.15, 0.2) is 11.8 Å². The van der Waals surface area contributed by atoms with E-state index in [4.69, 9.17) is 14.2 Å². The number of amides is 1. The lowest BCUT2D eigenvalue weighted by molar-refractivity contribution is -0.307.